The summed E-state index contributed by atoms with van der Waals surface area (Å²) >= 11 is 0. The summed E-state index contributed by atoms with van der Waals surface area (Å²) in [5.74, 6) is 3.64. The van der Waals surface area contributed by atoms with E-state index >= 15 is 0 Å². The SMILES string of the molecule is CCCCn1c(-c2ccccc2)nc(-c2cccc(OCC)c2)c1CN(Cc1cccc(OCC)c1)Cc1cccc(OCC)c1. The lowest BCUT2D eigenvalue weighted by Crippen LogP contribution is -2.24. The van der Waals surface area contributed by atoms with Gasteiger partial charge in [-0.25, -0.2) is 4.98 Å². The molecule has 0 unspecified atom stereocenters. The smallest absolute Gasteiger partial charge is 0.140 e. The molecule has 5 rings (SSSR count). The van der Waals surface area contributed by atoms with E-state index < -0.39 is 0 Å². The van der Waals surface area contributed by atoms with E-state index in [2.05, 4.69) is 101 Å². The largest absolute Gasteiger partial charge is 0.494 e. The molecule has 0 aliphatic heterocycles. The second-order valence-electron chi connectivity index (χ2n) is 11.4. The Kier molecular flexibility index (Phi) is 11.9. The van der Waals surface area contributed by atoms with Crippen molar-refractivity contribution in [3.05, 3.63) is 120 Å². The highest BCUT2D eigenvalue weighted by Gasteiger charge is 2.23. The fourth-order valence-electron chi connectivity index (χ4n) is 5.84. The van der Waals surface area contributed by atoms with Gasteiger partial charge >= 0.3 is 0 Å². The second-order valence-corrected chi connectivity index (χ2v) is 11.4. The van der Waals surface area contributed by atoms with Gasteiger partial charge in [0.1, 0.15) is 23.1 Å². The zero-order valence-electron chi connectivity index (χ0n) is 27.7. The van der Waals surface area contributed by atoms with E-state index in [1.165, 1.54) is 16.8 Å². The third-order valence-corrected chi connectivity index (χ3v) is 7.86. The quantitative estimate of drug-likeness (QED) is 0.104. The van der Waals surface area contributed by atoms with Crippen LogP contribution in [0.1, 0.15) is 57.4 Å². The van der Waals surface area contributed by atoms with Crippen molar-refractivity contribution in [1.29, 1.82) is 0 Å². The molecule has 0 aliphatic rings. The normalized spacial score (nSPS) is 11.2. The zero-order valence-corrected chi connectivity index (χ0v) is 27.7. The Labute approximate surface area is 274 Å². The van der Waals surface area contributed by atoms with Crippen molar-refractivity contribution in [1.82, 2.24) is 14.5 Å². The van der Waals surface area contributed by atoms with E-state index in [0.29, 0.717) is 26.4 Å². The van der Waals surface area contributed by atoms with Crippen LogP contribution in [0.3, 0.4) is 0 Å². The van der Waals surface area contributed by atoms with Gasteiger partial charge in [-0.2, -0.15) is 0 Å². The summed E-state index contributed by atoms with van der Waals surface area (Å²) in [5.41, 5.74) is 6.78. The molecule has 0 radical (unpaired) electrons. The van der Waals surface area contributed by atoms with Crippen LogP contribution in [0.2, 0.25) is 0 Å². The maximum absolute atomic E-state index is 5.93. The Morgan fingerprint density at radius 2 is 1.13 bits per heavy atom. The standard InChI is InChI=1S/C40H47N3O3/c1-5-9-24-43-38(39(34-20-15-23-37(27-34)46-8-4)41-40(43)33-18-11-10-12-19-33)30-42(28-31-16-13-21-35(25-31)44-6-2)29-32-17-14-22-36(26-32)45-7-3/h10-23,25-27H,5-9,24,28-30H2,1-4H3. The van der Waals surface area contributed by atoms with Crippen molar-refractivity contribution in [3.63, 3.8) is 0 Å². The van der Waals surface area contributed by atoms with Gasteiger partial charge in [-0.05, 0) is 74.7 Å². The van der Waals surface area contributed by atoms with Crippen LogP contribution < -0.4 is 14.2 Å². The molecule has 240 valence electrons. The number of ether oxygens (including phenoxy) is 3. The minimum absolute atomic E-state index is 0.617. The number of nitrogens with zero attached hydrogens (tertiary/aromatic N) is 3. The van der Waals surface area contributed by atoms with Gasteiger partial charge in [-0.3, -0.25) is 4.90 Å². The highest BCUT2D eigenvalue weighted by Crippen LogP contribution is 2.33. The Bertz CT molecular complexity index is 1610. The molecule has 1 aromatic heterocycles. The van der Waals surface area contributed by atoms with Gasteiger partial charge in [-0.1, -0.05) is 80.1 Å². The lowest BCUT2D eigenvalue weighted by molar-refractivity contribution is 0.240. The topological polar surface area (TPSA) is 48.8 Å². The highest BCUT2D eigenvalue weighted by molar-refractivity contribution is 5.69. The molecule has 0 N–H and O–H groups in total. The van der Waals surface area contributed by atoms with E-state index in [0.717, 1.165) is 72.4 Å². The molecule has 1 heterocycles. The summed E-state index contributed by atoms with van der Waals surface area (Å²) in [6.07, 6.45) is 2.16. The minimum Gasteiger partial charge on any atom is -0.494 e. The van der Waals surface area contributed by atoms with Crippen LogP contribution in [0.5, 0.6) is 17.2 Å². The molecule has 5 aromatic rings. The molecule has 0 atom stereocenters. The molecule has 6 nitrogen and oxygen atoms in total. The van der Waals surface area contributed by atoms with Crippen LogP contribution in [0.15, 0.2) is 103 Å². The van der Waals surface area contributed by atoms with Crippen molar-refractivity contribution >= 4 is 0 Å². The van der Waals surface area contributed by atoms with Crippen molar-refractivity contribution in [2.45, 2.75) is 66.7 Å². The monoisotopic (exact) mass is 617 g/mol. The van der Waals surface area contributed by atoms with Crippen molar-refractivity contribution in [2.75, 3.05) is 19.8 Å². The average molecular weight is 618 g/mol. The van der Waals surface area contributed by atoms with Crippen LogP contribution in [0.25, 0.3) is 22.6 Å². The molecule has 4 aromatic carbocycles. The highest BCUT2D eigenvalue weighted by atomic mass is 16.5. The molecule has 6 heteroatoms. The van der Waals surface area contributed by atoms with Crippen LogP contribution >= 0.6 is 0 Å². The van der Waals surface area contributed by atoms with Gasteiger partial charge in [-0.15, -0.1) is 0 Å². The molecule has 0 bridgehead atoms. The van der Waals surface area contributed by atoms with E-state index in [4.69, 9.17) is 19.2 Å². The fourth-order valence-corrected chi connectivity index (χ4v) is 5.84. The Morgan fingerprint density at radius 1 is 0.587 bits per heavy atom. The van der Waals surface area contributed by atoms with E-state index in [1.54, 1.807) is 0 Å². The summed E-state index contributed by atoms with van der Waals surface area (Å²) in [5, 5.41) is 0. The first kappa shape index (κ1) is 32.8. The number of hydrogen-bond acceptors (Lipinski definition) is 5. The van der Waals surface area contributed by atoms with Gasteiger partial charge in [0.05, 0.1) is 31.2 Å². The number of hydrogen-bond donors (Lipinski definition) is 0. The van der Waals surface area contributed by atoms with Gasteiger partial charge in [0.25, 0.3) is 0 Å². The number of rotatable bonds is 17. The van der Waals surface area contributed by atoms with Crippen molar-refractivity contribution in [2.24, 2.45) is 0 Å². The van der Waals surface area contributed by atoms with Crippen LogP contribution in [-0.4, -0.2) is 34.3 Å². The second kappa shape index (κ2) is 16.7. The van der Waals surface area contributed by atoms with Gasteiger partial charge in [0.2, 0.25) is 0 Å². The predicted molar refractivity (Wildman–Crippen MR) is 187 cm³/mol. The van der Waals surface area contributed by atoms with E-state index in [1.807, 2.05) is 39.0 Å². The first-order valence-electron chi connectivity index (χ1n) is 16.7. The molecular weight excluding hydrogens is 570 g/mol. The summed E-state index contributed by atoms with van der Waals surface area (Å²) in [7, 11) is 0. The zero-order chi connectivity index (χ0) is 32.1. The van der Waals surface area contributed by atoms with Crippen LogP contribution in [0.4, 0.5) is 0 Å². The third kappa shape index (κ3) is 8.58. The number of aromatic nitrogens is 2. The molecular formula is C40H47N3O3. The number of unbranched alkanes of at least 4 members (excludes halogenated alkanes) is 1. The molecule has 0 saturated carbocycles. The molecule has 0 amide bonds. The summed E-state index contributed by atoms with van der Waals surface area (Å²) in [4.78, 5) is 7.89. The lowest BCUT2D eigenvalue weighted by atomic mass is 10.1. The third-order valence-electron chi connectivity index (χ3n) is 7.86. The van der Waals surface area contributed by atoms with Crippen molar-refractivity contribution in [3.8, 4) is 39.9 Å². The predicted octanol–water partition coefficient (Wildman–Crippen LogP) is 9.42. The summed E-state index contributed by atoms with van der Waals surface area (Å²) in [6, 6.07) is 35.8. The van der Waals surface area contributed by atoms with Gasteiger partial charge in [0.15, 0.2) is 0 Å². The maximum Gasteiger partial charge on any atom is 0.140 e. The number of benzene rings is 4. The number of imidazole rings is 1. The minimum atomic E-state index is 0.617. The Balaban J connectivity index is 1.63. The Morgan fingerprint density at radius 3 is 1.70 bits per heavy atom. The first-order chi connectivity index (χ1) is 22.6. The van der Waals surface area contributed by atoms with Crippen LogP contribution in [-0.2, 0) is 26.2 Å². The van der Waals surface area contributed by atoms with E-state index in [-0.39, 0.29) is 0 Å². The first-order valence-corrected chi connectivity index (χ1v) is 16.7. The maximum atomic E-state index is 5.93. The lowest BCUT2D eigenvalue weighted by Gasteiger charge is -2.25. The van der Waals surface area contributed by atoms with Crippen LogP contribution in [0, 0.1) is 0 Å². The fraction of sp³-hybridized carbons (Fsp3) is 0.325. The average Bonchev–Trinajstić information content (AvgIpc) is 3.43. The molecule has 0 spiro atoms. The van der Waals surface area contributed by atoms with E-state index in [9.17, 15) is 0 Å². The summed E-state index contributed by atoms with van der Waals surface area (Å²) < 4.78 is 20.1. The van der Waals surface area contributed by atoms with Crippen molar-refractivity contribution < 1.29 is 14.2 Å². The summed E-state index contributed by atoms with van der Waals surface area (Å²) in [6.45, 7) is 13.3. The Hall–Kier alpha value is -4.55. The van der Waals surface area contributed by atoms with Gasteiger partial charge < -0.3 is 18.8 Å². The molecule has 0 fully saturated rings. The van der Waals surface area contributed by atoms with Gasteiger partial charge in [0, 0.05) is 37.3 Å². The molecule has 0 aliphatic carbocycles. The molecule has 46 heavy (non-hydrogen) atoms. The molecule has 0 saturated heterocycles.